The molecule has 2 atom stereocenters. The van der Waals surface area contributed by atoms with Crippen molar-refractivity contribution >= 4 is 11.3 Å². The maximum Gasteiger partial charge on any atom is 0.0898 e. The topological polar surface area (TPSA) is 24.9 Å². The number of hydrogen-bond acceptors (Lipinski definition) is 3. The number of rotatable bonds is 3. The molecule has 1 aliphatic rings. The number of aromatic nitrogens is 1. The zero-order chi connectivity index (χ0) is 11.8. The Morgan fingerprint density at radius 3 is 2.81 bits per heavy atom. The van der Waals surface area contributed by atoms with Crippen molar-refractivity contribution < 1.29 is 0 Å². The first-order valence-electron chi connectivity index (χ1n) is 6.17. The normalized spacial score (nSPS) is 25.9. The highest BCUT2D eigenvalue weighted by Gasteiger charge is 2.35. The minimum atomic E-state index is 0.382. The Bertz CT molecular complexity index is 357. The molecular formula is C13H22N2S. The summed E-state index contributed by atoms with van der Waals surface area (Å²) in [7, 11) is 0. The summed E-state index contributed by atoms with van der Waals surface area (Å²) < 4.78 is 0. The SMILES string of the molecule is Cc1nc(C(C)NC2CCCC2(C)C)cs1. The number of hydrogen-bond donors (Lipinski definition) is 1. The fourth-order valence-corrected chi connectivity index (χ4v) is 3.31. The van der Waals surface area contributed by atoms with E-state index in [1.165, 1.54) is 25.0 Å². The van der Waals surface area contributed by atoms with E-state index in [0.29, 0.717) is 17.5 Å². The van der Waals surface area contributed by atoms with Crippen LogP contribution in [0.25, 0.3) is 0 Å². The molecule has 1 saturated carbocycles. The van der Waals surface area contributed by atoms with Crippen LogP contribution in [0.15, 0.2) is 5.38 Å². The highest BCUT2D eigenvalue weighted by molar-refractivity contribution is 7.09. The van der Waals surface area contributed by atoms with Gasteiger partial charge in [-0.25, -0.2) is 4.98 Å². The van der Waals surface area contributed by atoms with Crippen molar-refractivity contribution in [2.45, 2.75) is 59.0 Å². The predicted molar refractivity (Wildman–Crippen MR) is 69.8 cm³/mol. The van der Waals surface area contributed by atoms with Gasteiger partial charge in [0.2, 0.25) is 0 Å². The Hall–Kier alpha value is -0.410. The lowest BCUT2D eigenvalue weighted by Crippen LogP contribution is -2.39. The lowest BCUT2D eigenvalue weighted by molar-refractivity contribution is 0.265. The number of thiazole rings is 1. The first kappa shape index (κ1) is 12.1. The van der Waals surface area contributed by atoms with E-state index in [4.69, 9.17) is 0 Å². The lowest BCUT2D eigenvalue weighted by Gasteiger charge is -2.30. The van der Waals surface area contributed by atoms with E-state index >= 15 is 0 Å². The summed E-state index contributed by atoms with van der Waals surface area (Å²) in [6.45, 7) is 9.04. The third-order valence-corrected chi connectivity index (χ3v) is 4.58. The van der Waals surface area contributed by atoms with E-state index in [1.807, 2.05) is 0 Å². The van der Waals surface area contributed by atoms with Crippen LogP contribution >= 0.6 is 11.3 Å². The number of nitrogens with zero attached hydrogens (tertiary/aromatic N) is 1. The molecule has 16 heavy (non-hydrogen) atoms. The fraction of sp³-hybridized carbons (Fsp3) is 0.769. The van der Waals surface area contributed by atoms with E-state index in [1.54, 1.807) is 11.3 Å². The van der Waals surface area contributed by atoms with Gasteiger partial charge in [0.25, 0.3) is 0 Å². The van der Waals surface area contributed by atoms with Crippen LogP contribution in [0.1, 0.15) is 56.8 Å². The average Bonchev–Trinajstić information content (AvgIpc) is 2.74. The molecule has 0 aliphatic heterocycles. The van der Waals surface area contributed by atoms with Gasteiger partial charge in [0.05, 0.1) is 10.7 Å². The lowest BCUT2D eigenvalue weighted by atomic mass is 9.87. The van der Waals surface area contributed by atoms with Crippen LogP contribution in [0, 0.1) is 12.3 Å². The molecule has 2 unspecified atom stereocenters. The Labute approximate surface area is 102 Å². The minimum Gasteiger partial charge on any atom is -0.305 e. The van der Waals surface area contributed by atoms with Gasteiger partial charge in [0.15, 0.2) is 0 Å². The Morgan fingerprint density at radius 1 is 1.56 bits per heavy atom. The van der Waals surface area contributed by atoms with Crippen LogP contribution in [0.5, 0.6) is 0 Å². The molecule has 1 aromatic heterocycles. The largest absolute Gasteiger partial charge is 0.305 e. The van der Waals surface area contributed by atoms with E-state index in [0.717, 1.165) is 5.01 Å². The first-order valence-corrected chi connectivity index (χ1v) is 7.05. The average molecular weight is 238 g/mol. The zero-order valence-corrected chi connectivity index (χ0v) is 11.5. The maximum absolute atomic E-state index is 4.56. The van der Waals surface area contributed by atoms with Gasteiger partial charge in [-0.1, -0.05) is 20.3 Å². The van der Waals surface area contributed by atoms with Gasteiger partial charge in [0, 0.05) is 17.5 Å². The van der Waals surface area contributed by atoms with Crippen LogP contribution in [0.4, 0.5) is 0 Å². The van der Waals surface area contributed by atoms with Gasteiger partial charge in [-0.3, -0.25) is 0 Å². The molecule has 1 N–H and O–H groups in total. The van der Waals surface area contributed by atoms with Crippen LogP contribution in [0.3, 0.4) is 0 Å². The Balaban J connectivity index is 1.99. The Kier molecular flexibility index (Phi) is 3.36. The molecule has 1 heterocycles. The molecule has 1 fully saturated rings. The quantitative estimate of drug-likeness (QED) is 0.869. The van der Waals surface area contributed by atoms with Gasteiger partial charge in [-0.05, 0) is 32.1 Å². The number of aryl methyl sites for hydroxylation is 1. The smallest absolute Gasteiger partial charge is 0.0898 e. The van der Waals surface area contributed by atoms with Gasteiger partial charge in [0.1, 0.15) is 0 Å². The van der Waals surface area contributed by atoms with Crippen molar-refractivity contribution in [1.29, 1.82) is 0 Å². The van der Waals surface area contributed by atoms with E-state index in [9.17, 15) is 0 Å². The summed E-state index contributed by atoms with van der Waals surface area (Å²) in [5.74, 6) is 0. The molecule has 0 radical (unpaired) electrons. The maximum atomic E-state index is 4.56. The molecule has 90 valence electrons. The molecule has 0 spiro atoms. The summed E-state index contributed by atoms with van der Waals surface area (Å²) in [6, 6.07) is 1.02. The van der Waals surface area contributed by atoms with Crippen LogP contribution in [0.2, 0.25) is 0 Å². The van der Waals surface area contributed by atoms with E-state index in [2.05, 4.69) is 43.4 Å². The zero-order valence-electron chi connectivity index (χ0n) is 10.7. The van der Waals surface area contributed by atoms with Crippen molar-refractivity contribution in [2.75, 3.05) is 0 Å². The minimum absolute atomic E-state index is 0.382. The second kappa shape index (κ2) is 4.46. The highest BCUT2D eigenvalue weighted by Crippen LogP contribution is 2.38. The van der Waals surface area contributed by atoms with Crippen molar-refractivity contribution in [3.63, 3.8) is 0 Å². The third kappa shape index (κ3) is 2.46. The molecular weight excluding hydrogens is 216 g/mol. The van der Waals surface area contributed by atoms with Crippen molar-refractivity contribution in [1.82, 2.24) is 10.3 Å². The van der Waals surface area contributed by atoms with Gasteiger partial charge >= 0.3 is 0 Å². The summed E-state index contributed by atoms with van der Waals surface area (Å²) in [6.07, 6.45) is 4.00. The molecule has 2 rings (SSSR count). The van der Waals surface area contributed by atoms with Crippen molar-refractivity contribution in [3.05, 3.63) is 16.1 Å². The van der Waals surface area contributed by atoms with Crippen LogP contribution in [-0.2, 0) is 0 Å². The standard InChI is InChI=1S/C13H22N2S/c1-9(11-8-16-10(2)15-11)14-12-6-5-7-13(12,3)4/h8-9,12,14H,5-7H2,1-4H3. The first-order chi connectivity index (χ1) is 7.49. The number of nitrogens with one attached hydrogen (secondary N) is 1. The highest BCUT2D eigenvalue weighted by atomic mass is 32.1. The molecule has 2 nitrogen and oxygen atoms in total. The van der Waals surface area contributed by atoms with E-state index < -0.39 is 0 Å². The molecule has 1 aromatic rings. The van der Waals surface area contributed by atoms with Crippen LogP contribution < -0.4 is 5.32 Å². The monoisotopic (exact) mass is 238 g/mol. The predicted octanol–water partition coefficient (Wildman–Crippen LogP) is 3.68. The van der Waals surface area contributed by atoms with Gasteiger partial charge in [-0.2, -0.15) is 0 Å². The Morgan fingerprint density at radius 2 is 2.31 bits per heavy atom. The molecule has 0 saturated heterocycles. The van der Waals surface area contributed by atoms with Crippen LogP contribution in [-0.4, -0.2) is 11.0 Å². The molecule has 3 heteroatoms. The molecule has 1 aliphatic carbocycles. The van der Waals surface area contributed by atoms with Crippen molar-refractivity contribution in [2.24, 2.45) is 5.41 Å². The second-order valence-corrected chi connectivity index (χ2v) is 6.68. The summed E-state index contributed by atoms with van der Waals surface area (Å²) in [5, 5.41) is 7.08. The summed E-state index contributed by atoms with van der Waals surface area (Å²) >= 11 is 1.74. The summed E-state index contributed by atoms with van der Waals surface area (Å²) in [5.41, 5.74) is 1.64. The third-order valence-electron chi connectivity index (χ3n) is 3.79. The molecule has 0 bridgehead atoms. The van der Waals surface area contributed by atoms with Gasteiger partial charge < -0.3 is 5.32 Å². The van der Waals surface area contributed by atoms with Crippen molar-refractivity contribution in [3.8, 4) is 0 Å². The summed E-state index contributed by atoms with van der Waals surface area (Å²) in [4.78, 5) is 4.56. The molecule has 0 aromatic carbocycles. The second-order valence-electron chi connectivity index (χ2n) is 5.61. The fourth-order valence-electron chi connectivity index (χ4n) is 2.60. The van der Waals surface area contributed by atoms with Gasteiger partial charge in [-0.15, -0.1) is 11.3 Å². The van der Waals surface area contributed by atoms with E-state index in [-0.39, 0.29) is 0 Å². The molecule has 0 amide bonds.